The third-order valence-electron chi connectivity index (χ3n) is 5.13. The molecule has 3 rings (SSSR count). The molecule has 24 heavy (non-hydrogen) atoms. The first-order valence-electron chi connectivity index (χ1n) is 9.08. The summed E-state index contributed by atoms with van der Waals surface area (Å²) < 4.78 is 5.26. The van der Waals surface area contributed by atoms with E-state index < -0.39 is 0 Å². The fraction of sp³-hybridized carbons (Fsp3) is 0.632. The van der Waals surface area contributed by atoms with Crippen LogP contribution in [0.4, 0.5) is 4.79 Å². The SMILES string of the molecule is COc1ccc(C(CNC(=O)NC2CC2)N2CCC(C)CC2)cc1. The van der Waals surface area contributed by atoms with Gasteiger partial charge in [-0.15, -0.1) is 0 Å². The van der Waals surface area contributed by atoms with Crippen molar-refractivity contribution < 1.29 is 9.53 Å². The second-order valence-corrected chi connectivity index (χ2v) is 7.14. The van der Waals surface area contributed by atoms with Gasteiger partial charge in [-0.3, -0.25) is 4.90 Å². The molecule has 1 aromatic carbocycles. The number of nitrogens with one attached hydrogen (secondary N) is 2. The zero-order valence-electron chi connectivity index (χ0n) is 14.8. The van der Waals surface area contributed by atoms with Crippen LogP contribution < -0.4 is 15.4 Å². The Morgan fingerprint density at radius 2 is 1.88 bits per heavy atom. The molecule has 5 nitrogen and oxygen atoms in total. The van der Waals surface area contributed by atoms with Crippen molar-refractivity contribution in [3.8, 4) is 5.75 Å². The number of hydrogen-bond donors (Lipinski definition) is 2. The topological polar surface area (TPSA) is 53.6 Å². The van der Waals surface area contributed by atoms with Gasteiger partial charge in [0, 0.05) is 12.6 Å². The number of carbonyl (C=O) groups excluding carboxylic acids is 1. The van der Waals surface area contributed by atoms with Crippen LogP contribution in [0.5, 0.6) is 5.75 Å². The second kappa shape index (κ2) is 7.88. The standard InChI is InChI=1S/C19H29N3O2/c1-14-9-11-22(12-10-14)18(13-20-19(23)21-16-5-6-16)15-3-7-17(24-2)8-4-15/h3-4,7-8,14,16,18H,5-6,9-13H2,1-2H3,(H2,20,21,23). The highest BCUT2D eigenvalue weighted by atomic mass is 16.5. The Morgan fingerprint density at radius 1 is 1.21 bits per heavy atom. The first-order chi connectivity index (χ1) is 11.7. The zero-order valence-corrected chi connectivity index (χ0v) is 14.8. The average Bonchev–Trinajstić information content (AvgIpc) is 3.41. The Bertz CT molecular complexity index is 534. The van der Waals surface area contributed by atoms with E-state index in [1.807, 2.05) is 12.1 Å². The molecule has 1 unspecified atom stereocenters. The molecular formula is C19H29N3O2. The van der Waals surface area contributed by atoms with Crippen molar-refractivity contribution in [2.75, 3.05) is 26.7 Å². The van der Waals surface area contributed by atoms with Crippen LogP contribution in [0.2, 0.25) is 0 Å². The van der Waals surface area contributed by atoms with Gasteiger partial charge in [0.05, 0.1) is 13.2 Å². The fourth-order valence-corrected chi connectivity index (χ4v) is 3.28. The molecule has 2 N–H and O–H groups in total. The number of hydrogen-bond acceptors (Lipinski definition) is 3. The number of rotatable bonds is 6. The van der Waals surface area contributed by atoms with Crippen molar-refractivity contribution in [2.45, 2.75) is 44.7 Å². The molecular weight excluding hydrogens is 302 g/mol. The van der Waals surface area contributed by atoms with Crippen molar-refractivity contribution in [3.05, 3.63) is 29.8 Å². The fourth-order valence-electron chi connectivity index (χ4n) is 3.28. The molecule has 0 bridgehead atoms. The molecule has 1 saturated heterocycles. The summed E-state index contributed by atoms with van der Waals surface area (Å²) in [5.41, 5.74) is 1.23. The zero-order chi connectivity index (χ0) is 16.9. The van der Waals surface area contributed by atoms with E-state index in [1.165, 1.54) is 18.4 Å². The van der Waals surface area contributed by atoms with Gasteiger partial charge in [-0.1, -0.05) is 19.1 Å². The third kappa shape index (κ3) is 4.63. The van der Waals surface area contributed by atoms with Crippen LogP contribution in [0.25, 0.3) is 0 Å². The van der Waals surface area contributed by atoms with Crippen LogP contribution in [0.1, 0.15) is 44.2 Å². The largest absolute Gasteiger partial charge is 0.497 e. The number of likely N-dealkylation sites (tertiary alicyclic amines) is 1. The van der Waals surface area contributed by atoms with Gasteiger partial charge in [0.25, 0.3) is 0 Å². The molecule has 0 spiro atoms. The van der Waals surface area contributed by atoms with Crippen molar-refractivity contribution >= 4 is 6.03 Å². The normalized spacial score (nSPS) is 20.4. The van der Waals surface area contributed by atoms with Gasteiger partial charge >= 0.3 is 6.03 Å². The summed E-state index contributed by atoms with van der Waals surface area (Å²) >= 11 is 0. The minimum atomic E-state index is -0.0404. The summed E-state index contributed by atoms with van der Waals surface area (Å²) in [7, 11) is 1.68. The monoisotopic (exact) mass is 331 g/mol. The lowest BCUT2D eigenvalue weighted by atomic mass is 9.95. The van der Waals surface area contributed by atoms with E-state index in [0.717, 1.165) is 37.6 Å². The Kier molecular flexibility index (Phi) is 5.61. The van der Waals surface area contributed by atoms with E-state index in [0.29, 0.717) is 12.6 Å². The van der Waals surface area contributed by atoms with Gasteiger partial charge < -0.3 is 15.4 Å². The predicted octanol–water partition coefficient (Wildman–Crippen LogP) is 2.93. The van der Waals surface area contributed by atoms with Crippen LogP contribution >= 0.6 is 0 Å². The third-order valence-corrected chi connectivity index (χ3v) is 5.13. The maximum atomic E-state index is 12.0. The average molecular weight is 331 g/mol. The number of ether oxygens (including phenoxy) is 1. The molecule has 132 valence electrons. The minimum absolute atomic E-state index is 0.0404. The molecule has 1 heterocycles. The van der Waals surface area contributed by atoms with Crippen molar-refractivity contribution in [1.29, 1.82) is 0 Å². The Labute approximate surface area is 144 Å². The van der Waals surface area contributed by atoms with Crippen LogP contribution in [-0.2, 0) is 0 Å². The molecule has 1 saturated carbocycles. The molecule has 1 aliphatic heterocycles. The summed E-state index contributed by atoms with van der Waals surface area (Å²) in [5.74, 6) is 1.66. The van der Waals surface area contributed by atoms with E-state index in [2.05, 4.69) is 34.6 Å². The van der Waals surface area contributed by atoms with Gasteiger partial charge in [0.15, 0.2) is 0 Å². The highest BCUT2D eigenvalue weighted by molar-refractivity contribution is 5.74. The molecule has 1 atom stereocenters. The number of amides is 2. The number of benzene rings is 1. The van der Waals surface area contributed by atoms with Crippen molar-refractivity contribution in [1.82, 2.24) is 15.5 Å². The Hall–Kier alpha value is -1.75. The number of urea groups is 1. The van der Waals surface area contributed by atoms with E-state index in [1.54, 1.807) is 7.11 Å². The molecule has 1 aliphatic carbocycles. The summed E-state index contributed by atoms with van der Waals surface area (Å²) in [5, 5.41) is 6.07. The maximum absolute atomic E-state index is 12.0. The number of methoxy groups -OCH3 is 1. The van der Waals surface area contributed by atoms with Crippen LogP contribution in [0.15, 0.2) is 24.3 Å². The quantitative estimate of drug-likeness (QED) is 0.843. The van der Waals surface area contributed by atoms with E-state index in [9.17, 15) is 4.79 Å². The maximum Gasteiger partial charge on any atom is 0.315 e. The van der Waals surface area contributed by atoms with E-state index in [4.69, 9.17) is 4.74 Å². The van der Waals surface area contributed by atoms with Crippen LogP contribution in [0.3, 0.4) is 0 Å². The lowest BCUT2D eigenvalue weighted by molar-refractivity contribution is 0.136. The van der Waals surface area contributed by atoms with E-state index in [-0.39, 0.29) is 12.1 Å². The van der Waals surface area contributed by atoms with Gasteiger partial charge in [0.1, 0.15) is 5.75 Å². The minimum Gasteiger partial charge on any atom is -0.497 e. The van der Waals surface area contributed by atoms with Gasteiger partial charge in [-0.05, 0) is 62.4 Å². The van der Waals surface area contributed by atoms with Crippen LogP contribution in [-0.4, -0.2) is 43.7 Å². The first kappa shape index (κ1) is 17.1. The highest BCUT2D eigenvalue weighted by Crippen LogP contribution is 2.27. The molecule has 2 amide bonds. The van der Waals surface area contributed by atoms with Crippen LogP contribution in [0, 0.1) is 5.92 Å². The summed E-state index contributed by atoms with van der Waals surface area (Å²) in [4.78, 5) is 14.5. The molecule has 0 radical (unpaired) electrons. The number of piperidine rings is 1. The molecule has 2 fully saturated rings. The Balaban J connectivity index is 1.65. The predicted molar refractivity (Wildman–Crippen MR) is 95.3 cm³/mol. The smallest absolute Gasteiger partial charge is 0.315 e. The van der Waals surface area contributed by atoms with Gasteiger partial charge in [-0.2, -0.15) is 0 Å². The first-order valence-corrected chi connectivity index (χ1v) is 9.08. The molecule has 0 aromatic heterocycles. The summed E-state index contributed by atoms with van der Waals surface area (Å²) in [6.07, 6.45) is 4.67. The lowest BCUT2D eigenvalue weighted by Gasteiger charge is -2.37. The van der Waals surface area contributed by atoms with Gasteiger partial charge in [0.2, 0.25) is 0 Å². The summed E-state index contributed by atoms with van der Waals surface area (Å²) in [6.45, 7) is 5.13. The second-order valence-electron chi connectivity index (χ2n) is 7.14. The van der Waals surface area contributed by atoms with E-state index >= 15 is 0 Å². The highest BCUT2D eigenvalue weighted by Gasteiger charge is 2.27. The molecule has 2 aliphatic rings. The summed E-state index contributed by atoms with van der Waals surface area (Å²) in [6, 6.07) is 8.79. The molecule has 1 aromatic rings. The van der Waals surface area contributed by atoms with Crippen molar-refractivity contribution in [3.63, 3.8) is 0 Å². The molecule has 5 heteroatoms. The van der Waals surface area contributed by atoms with Gasteiger partial charge in [-0.25, -0.2) is 4.79 Å². The lowest BCUT2D eigenvalue weighted by Crippen LogP contribution is -2.44. The number of carbonyl (C=O) groups is 1. The number of nitrogens with zero attached hydrogens (tertiary/aromatic N) is 1. The van der Waals surface area contributed by atoms with Crippen molar-refractivity contribution in [2.24, 2.45) is 5.92 Å². The Morgan fingerprint density at radius 3 is 2.46 bits per heavy atom.